The van der Waals surface area contributed by atoms with E-state index in [4.69, 9.17) is 4.74 Å². The summed E-state index contributed by atoms with van der Waals surface area (Å²) in [5.41, 5.74) is -1.57. The maximum Gasteiger partial charge on any atom is 0.416 e. The fourth-order valence-corrected chi connectivity index (χ4v) is 7.67. The highest BCUT2D eigenvalue weighted by Gasteiger charge is 2.73. The van der Waals surface area contributed by atoms with Crippen LogP contribution in [-0.4, -0.2) is 29.2 Å². The van der Waals surface area contributed by atoms with Crippen molar-refractivity contribution in [1.82, 2.24) is 0 Å². The Hall–Kier alpha value is -2.06. The number of ether oxygens (including phenoxy) is 1. The average Bonchev–Trinajstić information content (AvgIpc) is 3.32. The van der Waals surface area contributed by atoms with Gasteiger partial charge in [-0.1, -0.05) is 37.3 Å². The van der Waals surface area contributed by atoms with Gasteiger partial charge in [-0.3, -0.25) is 0 Å². The van der Waals surface area contributed by atoms with E-state index in [2.05, 4.69) is 13.8 Å². The Morgan fingerprint density at radius 1 is 0.857 bits per heavy atom. The summed E-state index contributed by atoms with van der Waals surface area (Å²) in [6, 6.07) is 11.8. The SMILES string of the molecule is C[C@@H]1C[N@@+]2(Cc3cc(C(F)(F)F)cc(C(F)(F)F)c3)C[C@@H](OCc3ccccc3)[C@H]3CC[C@@H]1[C@]32C. The van der Waals surface area contributed by atoms with E-state index >= 15 is 0 Å². The monoisotopic (exact) mass is 498 g/mol. The third-order valence-electron chi connectivity index (χ3n) is 9.05. The topological polar surface area (TPSA) is 9.23 Å². The van der Waals surface area contributed by atoms with Crippen LogP contribution in [0.1, 0.15) is 48.9 Å². The third-order valence-corrected chi connectivity index (χ3v) is 9.05. The van der Waals surface area contributed by atoms with Gasteiger partial charge < -0.3 is 9.22 Å². The lowest BCUT2D eigenvalue weighted by molar-refractivity contribution is -0.967. The highest BCUT2D eigenvalue weighted by molar-refractivity contribution is 5.33. The lowest BCUT2D eigenvalue weighted by Crippen LogP contribution is -2.57. The molecule has 0 unspecified atom stereocenters. The van der Waals surface area contributed by atoms with Gasteiger partial charge in [-0.2, -0.15) is 26.3 Å². The maximum atomic E-state index is 13.5. The van der Waals surface area contributed by atoms with Gasteiger partial charge in [-0.25, -0.2) is 0 Å². The van der Waals surface area contributed by atoms with Crippen LogP contribution in [-0.2, 0) is 30.2 Å². The Morgan fingerprint density at radius 3 is 2.06 bits per heavy atom. The number of hydrogen-bond donors (Lipinski definition) is 0. The summed E-state index contributed by atoms with van der Waals surface area (Å²) >= 11 is 0. The van der Waals surface area contributed by atoms with Crippen molar-refractivity contribution >= 4 is 0 Å². The van der Waals surface area contributed by atoms with Crippen molar-refractivity contribution in [3.05, 3.63) is 70.8 Å². The van der Waals surface area contributed by atoms with Gasteiger partial charge in [-0.05, 0) is 43.5 Å². The van der Waals surface area contributed by atoms with Crippen molar-refractivity contribution in [2.75, 3.05) is 13.1 Å². The zero-order valence-electron chi connectivity index (χ0n) is 19.8. The molecule has 3 fully saturated rings. The minimum Gasteiger partial charge on any atom is -0.367 e. The minimum absolute atomic E-state index is 0.0782. The van der Waals surface area contributed by atoms with Crippen LogP contribution in [0.15, 0.2) is 48.5 Å². The lowest BCUT2D eigenvalue weighted by atomic mass is 9.80. The molecule has 2 saturated heterocycles. The van der Waals surface area contributed by atoms with Crippen molar-refractivity contribution in [3.8, 4) is 0 Å². The van der Waals surface area contributed by atoms with Gasteiger partial charge in [0, 0.05) is 23.3 Å². The predicted molar refractivity (Wildman–Crippen MR) is 119 cm³/mol. The largest absolute Gasteiger partial charge is 0.416 e. The van der Waals surface area contributed by atoms with Crippen molar-refractivity contribution in [2.45, 2.75) is 63.8 Å². The summed E-state index contributed by atoms with van der Waals surface area (Å²) in [6.07, 6.45) is -7.78. The molecule has 2 heterocycles. The molecule has 2 aliphatic heterocycles. The first-order valence-electron chi connectivity index (χ1n) is 12.1. The third kappa shape index (κ3) is 4.06. The van der Waals surface area contributed by atoms with Gasteiger partial charge >= 0.3 is 12.4 Å². The summed E-state index contributed by atoms with van der Waals surface area (Å²) in [5.74, 6) is 0.965. The molecule has 0 amide bonds. The van der Waals surface area contributed by atoms with Crippen molar-refractivity contribution in [3.63, 3.8) is 0 Å². The highest BCUT2D eigenvalue weighted by Crippen LogP contribution is 2.63. The minimum atomic E-state index is -4.84. The molecular weight excluding hydrogens is 468 g/mol. The Balaban J connectivity index is 1.49. The molecule has 1 saturated carbocycles. The molecule has 2 aromatic carbocycles. The zero-order valence-corrected chi connectivity index (χ0v) is 19.8. The van der Waals surface area contributed by atoms with E-state index in [1.807, 2.05) is 30.3 Å². The molecule has 2 nitrogen and oxygen atoms in total. The van der Waals surface area contributed by atoms with E-state index in [1.165, 1.54) is 0 Å². The summed E-state index contributed by atoms with van der Waals surface area (Å²) in [7, 11) is 0. The number of halogens is 6. The van der Waals surface area contributed by atoms with Crippen LogP contribution in [0.2, 0.25) is 0 Å². The van der Waals surface area contributed by atoms with Gasteiger partial charge in [0.25, 0.3) is 0 Å². The second-order valence-electron chi connectivity index (χ2n) is 10.9. The average molecular weight is 499 g/mol. The molecule has 5 rings (SSSR count). The van der Waals surface area contributed by atoms with Crippen LogP contribution in [0.5, 0.6) is 0 Å². The van der Waals surface area contributed by atoms with Crippen LogP contribution in [0.4, 0.5) is 26.3 Å². The second kappa shape index (κ2) is 8.23. The summed E-state index contributed by atoms with van der Waals surface area (Å²) in [4.78, 5) is 0. The first-order chi connectivity index (χ1) is 16.3. The molecule has 0 bridgehead atoms. The number of rotatable bonds is 5. The molecule has 190 valence electrons. The number of quaternary nitrogens is 1. The van der Waals surface area contributed by atoms with Gasteiger partial charge in [0.05, 0.1) is 24.3 Å². The van der Waals surface area contributed by atoms with E-state index in [0.29, 0.717) is 29.5 Å². The van der Waals surface area contributed by atoms with Crippen LogP contribution in [0.3, 0.4) is 0 Å². The zero-order chi connectivity index (χ0) is 25.2. The fourth-order valence-electron chi connectivity index (χ4n) is 7.67. The lowest BCUT2D eigenvalue weighted by Gasteiger charge is -2.44. The fraction of sp³-hybridized carbons (Fsp3) is 0.556. The van der Waals surface area contributed by atoms with E-state index in [1.54, 1.807) is 0 Å². The molecular formula is C27H30F6NO+. The van der Waals surface area contributed by atoms with E-state index in [0.717, 1.165) is 37.1 Å². The first-order valence-corrected chi connectivity index (χ1v) is 12.1. The number of hydrogen-bond acceptors (Lipinski definition) is 1. The molecule has 6 atom stereocenters. The molecule has 3 aliphatic rings. The molecule has 8 heteroatoms. The smallest absolute Gasteiger partial charge is 0.367 e. The maximum absolute atomic E-state index is 13.5. The van der Waals surface area contributed by atoms with E-state index in [-0.39, 0.29) is 35.7 Å². The van der Waals surface area contributed by atoms with E-state index < -0.39 is 23.5 Å². The number of alkyl halides is 6. The first kappa shape index (κ1) is 24.6. The molecule has 0 N–H and O–H groups in total. The van der Waals surface area contributed by atoms with Crippen LogP contribution in [0, 0.1) is 17.8 Å². The summed E-state index contributed by atoms with van der Waals surface area (Å²) in [5, 5.41) is 0. The van der Waals surface area contributed by atoms with Gasteiger partial charge in [0.15, 0.2) is 0 Å². The summed E-state index contributed by atoms with van der Waals surface area (Å²) in [6.45, 7) is 6.30. The Bertz CT molecular complexity index is 1050. The number of benzene rings is 2. The molecule has 35 heavy (non-hydrogen) atoms. The molecule has 1 aliphatic carbocycles. The summed E-state index contributed by atoms with van der Waals surface area (Å²) < 4.78 is 88.0. The number of nitrogens with zero attached hydrogens (tertiary/aromatic N) is 1. The van der Waals surface area contributed by atoms with Crippen LogP contribution >= 0.6 is 0 Å². The van der Waals surface area contributed by atoms with Gasteiger partial charge in [0.2, 0.25) is 0 Å². The van der Waals surface area contributed by atoms with Crippen molar-refractivity contribution in [1.29, 1.82) is 0 Å². The Kier molecular flexibility index (Phi) is 5.79. The van der Waals surface area contributed by atoms with Gasteiger partial charge in [-0.15, -0.1) is 0 Å². The van der Waals surface area contributed by atoms with Crippen molar-refractivity contribution < 1.29 is 35.6 Å². The second-order valence-corrected chi connectivity index (χ2v) is 10.9. The molecule has 0 aromatic heterocycles. The van der Waals surface area contributed by atoms with E-state index in [9.17, 15) is 26.3 Å². The molecule has 2 aromatic rings. The normalized spacial score (nSPS) is 34.4. The van der Waals surface area contributed by atoms with Crippen LogP contribution < -0.4 is 0 Å². The van der Waals surface area contributed by atoms with Crippen molar-refractivity contribution in [2.24, 2.45) is 17.8 Å². The Morgan fingerprint density at radius 2 is 1.46 bits per heavy atom. The molecule has 0 spiro atoms. The Labute approximate surface area is 201 Å². The molecule has 0 radical (unpaired) electrons. The quantitative estimate of drug-likeness (QED) is 0.316. The highest BCUT2D eigenvalue weighted by atomic mass is 19.4. The van der Waals surface area contributed by atoms with Gasteiger partial charge in [0.1, 0.15) is 24.7 Å². The standard InChI is InChI=1S/C27H30F6NO/c1-17-13-34(14-19-10-20(26(28,29)30)12-21(11-19)27(31,32)33)15-24(23-9-8-22(17)25(23,34)2)35-16-18-6-4-3-5-7-18/h3-7,10-12,17,22-24H,8-9,13-16H2,1-2H3/q+1/t17-,22+,23-,24-,25-,34-/m1/s1. The van der Waals surface area contributed by atoms with Crippen LogP contribution in [0.25, 0.3) is 0 Å². The predicted octanol–water partition coefficient (Wildman–Crippen LogP) is 7.07.